The fourth-order valence-electron chi connectivity index (χ4n) is 3.84. The largest absolute Gasteiger partial charge is 0.480 e. The number of esters is 1. The molecule has 2 atom stereocenters. The number of ether oxygens (including phenoxy) is 1. The summed E-state index contributed by atoms with van der Waals surface area (Å²) in [6, 6.07) is -1.38. The van der Waals surface area contributed by atoms with E-state index in [-0.39, 0.29) is 11.9 Å². The van der Waals surface area contributed by atoms with Crippen molar-refractivity contribution in [3.05, 3.63) is 0 Å². The van der Waals surface area contributed by atoms with Gasteiger partial charge in [-0.25, -0.2) is 4.79 Å². The van der Waals surface area contributed by atoms with Crippen LogP contribution in [0.1, 0.15) is 58.8 Å². The van der Waals surface area contributed by atoms with Gasteiger partial charge in [-0.05, 0) is 39.5 Å². The van der Waals surface area contributed by atoms with Crippen LogP contribution in [0.3, 0.4) is 0 Å². The molecule has 2 rings (SSSR count). The van der Waals surface area contributed by atoms with Gasteiger partial charge in [0.2, 0.25) is 5.91 Å². The van der Waals surface area contributed by atoms with Crippen molar-refractivity contribution in [1.82, 2.24) is 10.2 Å². The Bertz CT molecular complexity index is 487. The molecule has 0 aromatic heterocycles. The molecular formula is C17H28N2O5. The summed E-state index contributed by atoms with van der Waals surface area (Å²) < 4.78 is 5.23. The quantitative estimate of drug-likeness (QED) is 0.708. The molecule has 1 amide bonds. The second-order valence-corrected chi connectivity index (χ2v) is 6.76. The summed E-state index contributed by atoms with van der Waals surface area (Å²) in [4.78, 5) is 37.9. The fourth-order valence-corrected chi connectivity index (χ4v) is 3.84. The maximum absolute atomic E-state index is 12.7. The van der Waals surface area contributed by atoms with E-state index >= 15 is 0 Å². The van der Waals surface area contributed by atoms with E-state index in [4.69, 9.17) is 4.74 Å². The van der Waals surface area contributed by atoms with Gasteiger partial charge in [0, 0.05) is 6.54 Å². The molecule has 1 saturated heterocycles. The van der Waals surface area contributed by atoms with Crippen molar-refractivity contribution in [1.29, 1.82) is 0 Å². The molecule has 0 aromatic carbocycles. The predicted molar refractivity (Wildman–Crippen MR) is 87.4 cm³/mol. The number of carbonyl (C=O) groups excluding carboxylic acids is 2. The molecule has 0 aromatic rings. The number of amides is 1. The van der Waals surface area contributed by atoms with Gasteiger partial charge in [0.1, 0.15) is 11.6 Å². The summed E-state index contributed by atoms with van der Waals surface area (Å²) in [5.74, 6) is -1.53. The van der Waals surface area contributed by atoms with Crippen LogP contribution in [0.25, 0.3) is 0 Å². The third-order valence-electron chi connectivity index (χ3n) is 5.06. The van der Waals surface area contributed by atoms with Crippen molar-refractivity contribution in [3.63, 3.8) is 0 Å². The van der Waals surface area contributed by atoms with E-state index in [1.165, 1.54) is 4.90 Å². The molecule has 1 aliphatic carbocycles. The number of hydrogen-bond donors (Lipinski definition) is 2. The average Bonchev–Trinajstić information content (AvgIpc) is 3.05. The maximum atomic E-state index is 12.7. The van der Waals surface area contributed by atoms with E-state index < -0.39 is 23.6 Å². The summed E-state index contributed by atoms with van der Waals surface area (Å²) in [5.41, 5.74) is -0.832. The second kappa shape index (κ2) is 7.96. The van der Waals surface area contributed by atoms with Crippen molar-refractivity contribution >= 4 is 17.8 Å². The summed E-state index contributed by atoms with van der Waals surface area (Å²) in [5, 5.41) is 12.5. The standard InChI is InChI=1S/C17H28N2O5/c1-3-24-16(23)17(9-5-4-6-10-17)18-12(2)14(20)19-11-7-8-13(19)15(21)22/h12-13,18H,3-11H2,1-2H3,(H,21,22)/t12-,13-/m0/s1. The van der Waals surface area contributed by atoms with Crippen LogP contribution >= 0.6 is 0 Å². The highest BCUT2D eigenvalue weighted by Crippen LogP contribution is 2.30. The number of carboxylic acid groups (broad SMARTS) is 1. The number of nitrogens with one attached hydrogen (secondary N) is 1. The SMILES string of the molecule is CCOC(=O)C1(N[C@@H](C)C(=O)N2CCC[C@H]2C(=O)O)CCCCC1. The molecule has 0 unspecified atom stereocenters. The lowest BCUT2D eigenvalue weighted by atomic mass is 9.81. The molecule has 1 saturated carbocycles. The first kappa shape index (κ1) is 18.7. The van der Waals surface area contributed by atoms with Gasteiger partial charge in [0.15, 0.2) is 0 Å². The van der Waals surface area contributed by atoms with Crippen LogP contribution in [-0.2, 0) is 19.1 Å². The number of carboxylic acids is 1. The Morgan fingerprint density at radius 2 is 1.92 bits per heavy atom. The van der Waals surface area contributed by atoms with Crippen LogP contribution in [0.4, 0.5) is 0 Å². The summed E-state index contributed by atoms with van der Waals surface area (Å²) in [6.45, 7) is 4.23. The third-order valence-corrected chi connectivity index (χ3v) is 5.06. The lowest BCUT2D eigenvalue weighted by Gasteiger charge is -2.38. The Morgan fingerprint density at radius 1 is 1.25 bits per heavy atom. The van der Waals surface area contributed by atoms with Crippen molar-refractivity contribution < 1.29 is 24.2 Å². The van der Waals surface area contributed by atoms with E-state index in [9.17, 15) is 19.5 Å². The minimum atomic E-state index is -0.967. The Balaban J connectivity index is 2.09. The third kappa shape index (κ3) is 3.88. The van der Waals surface area contributed by atoms with Crippen LogP contribution in [0, 0.1) is 0 Å². The average molecular weight is 340 g/mol. The predicted octanol–water partition coefficient (Wildman–Crippen LogP) is 1.31. The lowest BCUT2D eigenvalue weighted by Crippen LogP contribution is -2.61. The van der Waals surface area contributed by atoms with Crippen LogP contribution in [0.5, 0.6) is 0 Å². The first-order valence-corrected chi connectivity index (χ1v) is 8.89. The van der Waals surface area contributed by atoms with Gasteiger partial charge in [-0.1, -0.05) is 19.3 Å². The van der Waals surface area contributed by atoms with Crippen molar-refractivity contribution in [2.24, 2.45) is 0 Å². The number of rotatable bonds is 6. The molecular weight excluding hydrogens is 312 g/mol. The van der Waals surface area contributed by atoms with Gasteiger partial charge in [-0.3, -0.25) is 14.9 Å². The van der Waals surface area contributed by atoms with Crippen molar-refractivity contribution in [3.8, 4) is 0 Å². The monoisotopic (exact) mass is 340 g/mol. The van der Waals surface area contributed by atoms with Gasteiger partial charge in [0.25, 0.3) is 0 Å². The normalized spacial score (nSPS) is 24.4. The topological polar surface area (TPSA) is 95.9 Å². The second-order valence-electron chi connectivity index (χ2n) is 6.76. The molecule has 1 heterocycles. The first-order valence-electron chi connectivity index (χ1n) is 8.89. The van der Waals surface area contributed by atoms with Crippen LogP contribution in [0.2, 0.25) is 0 Å². The van der Waals surface area contributed by atoms with E-state index in [0.717, 1.165) is 19.3 Å². The minimum absolute atomic E-state index is 0.255. The summed E-state index contributed by atoms with van der Waals surface area (Å²) >= 11 is 0. The Labute approximate surface area is 142 Å². The van der Waals surface area contributed by atoms with Gasteiger partial charge < -0.3 is 14.7 Å². The molecule has 0 bridgehead atoms. The molecule has 7 nitrogen and oxygen atoms in total. The molecule has 136 valence electrons. The maximum Gasteiger partial charge on any atom is 0.326 e. The van der Waals surface area contributed by atoms with Crippen LogP contribution in [0.15, 0.2) is 0 Å². The van der Waals surface area contributed by atoms with Gasteiger partial charge in [-0.15, -0.1) is 0 Å². The molecule has 7 heteroatoms. The zero-order valence-electron chi connectivity index (χ0n) is 14.5. The number of hydrogen-bond acceptors (Lipinski definition) is 5. The van der Waals surface area contributed by atoms with E-state index in [0.29, 0.717) is 38.8 Å². The highest BCUT2D eigenvalue weighted by molar-refractivity contribution is 5.88. The van der Waals surface area contributed by atoms with Crippen LogP contribution < -0.4 is 5.32 Å². The zero-order valence-corrected chi connectivity index (χ0v) is 14.5. The van der Waals surface area contributed by atoms with Gasteiger partial charge >= 0.3 is 11.9 Å². The van der Waals surface area contributed by atoms with Crippen molar-refractivity contribution in [2.45, 2.75) is 76.4 Å². The minimum Gasteiger partial charge on any atom is -0.480 e. The molecule has 2 fully saturated rings. The smallest absolute Gasteiger partial charge is 0.326 e. The van der Waals surface area contributed by atoms with E-state index in [1.807, 2.05) is 0 Å². The van der Waals surface area contributed by atoms with E-state index in [1.54, 1.807) is 13.8 Å². The molecule has 0 radical (unpaired) electrons. The van der Waals surface area contributed by atoms with Crippen molar-refractivity contribution in [2.75, 3.05) is 13.2 Å². The van der Waals surface area contributed by atoms with Crippen LogP contribution in [-0.4, -0.2) is 58.6 Å². The van der Waals surface area contributed by atoms with Gasteiger partial charge in [-0.2, -0.15) is 0 Å². The molecule has 1 aliphatic heterocycles. The molecule has 2 N–H and O–H groups in total. The molecule has 2 aliphatic rings. The highest BCUT2D eigenvalue weighted by Gasteiger charge is 2.44. The fraction of sp³-hybridized carbons (Fsp3) is 0.824. The highest BCUT2D eigenvalue weighted by atomic mass is 16.5. The Hall–Kier alpha value is -1.63. The van der Waals surface area contributed by atoms with E-state index in [2.05, 4.69) is 5.32 Å². The zero-order chi connectivity index (χ0) is 17.7. The molecule has 24 heavy (non-hydrogen) atoms. The molecule has 0 spiro atoms. The lowest BCUT2D eigenvalue weighted by molar-refractivity contribution is -0.155. The number of aliphatic carboxylic acids is 1. The number of nitrogens with zero attached hydrogens (tertiary/aromatic N) is 1. The number of likely N-dealkylation sites (tertiary alicyclic amines) is 1. The van der Waals surface area contributed by atoms with Gasteiger partial charge in [0.05, 0.1) is 12.6 Å². The summed E-state index contributed by atoms with van der Waals surface area (Å²) in [7, 11) is 0. The Kier molecular flexibility index (Phi) is 6.21. The first-order chi connectivity index (χ1) is 11.4. The Morgan fingerprint density at radius 3 is 2.50 bits per heavy atom. The summed E-state index contributed by atoms with van der Waals surface area (Å²) in [6.07, 6.45) is 5.35. The number of carbonyl (C=O) groups is 3.